The molecule has 0 spiro atoms. The zero-order chi connectivity index (χ0) is 11.9. The van der Waals surface area contributed by atoms with Crippen LogP contribution in [0, 0.1) is 27.7 Å². The molecule has 0 aliphatic heterocycles. The van der Waals surface area contributed by atoms with Crippen molar-refractivity contribution in [3.63, 3.8) is 0 Å². The second-order valence-corrected chi connectivity index (χ2v) is 4.35. The Labute approximate surface area is 95.7 Å². The molecular weight excluding hydrogens is 198 g/mol. The van der Waals surface area contributed by atoms with Crippen molar-refractivity contribution in [3.8, 4) is 11.3 Å². The highest BCUT2D eigenvalue weighted by molar-refractivity contribution is 5.68. The van der Waals surface area contributed by atoms with Crippen molar-refractivity contribution in [2.45, 2.75) is 27.7 Å². The summed E-state index contributed by atoms with van der Waals surface area (Å²) in [4.78, 5) is 7.37. The number of H-pyrrole nitrogens is 1. The van der Waals surface area contributed by atoms with Crippen LogP contribution in [0.1, 0.15) is 22.4 Å². The molecule has 0 atom stereocenters. The largest absolute Gasteiger partial charge is 0.369 e. The lowest BCUT2D eigenvalue weighted by atomic mass is 9.98. The maximum atomic E-state index is 5.67. The van der Waals surface area contributed by atoms with E-state index >= 15 is 0 Å². The lowest BCUT2D eigenvalue weighted by Gasteiger charge is -2.08. The zero-order valence-electron chi connectivity index (χ0n) is 10.2. The Morgan fingerprint density at radius 3 is 2.19 bits per heavy atom. The molecule has 1 aromatic carbocycles. The summed E-state index contributed by atoms with van der Waals surface area (Å²) in [5, 5.41) is 0. The fourth-order valence-electron chi connectivity index (χ4n) is 1.96. The van der Waals surface area contributed by atoms with E-state index in [-0.39, 0.29) is 0 Å². The van der Waals surface area contributed by atoms with Crippen molar-refractivity contribution < 1.29 is 0 Å². The summed E-state index contributed by atoms with van der Waals surface area (Å²) in [5.41, 5.74) is 12.6. The number of hydrogen-bond acceptors (Lipinski definition) is 2. The molecule has 3 N–H and O–H groups in total. The summed E-state index contributed by atoms with van der Waals surface area (Å²) in [5.74, 6) is 0.477. The number of nitrogens with one attached hydrogen (secondary N) is 1. The molecule has 0 bridgehead atoms. The lowest BCUT2D eigenvalue weighted by molar-refractivity contribution is 1.26. The number of aromatic nitrogens is 2. The predicted octanol–water partition coefficient (Wildman–Crippen LogP) is 2.89. The first-order chi connectivity index (χ1) is 7.49. The van der Waals surface area contributed by atoms with Gasteiger partial charge in [-0.05, 0) is 50.5 Å². The topological polar surface area (TPSA) is 54.7 Å². The van der Waals surface area contributed by atoms with Gasteiger partial charge in [0.2, 0.25) is 0 Å². The quantitative estimate of drug-likeness (QED) is 0.768. The van der Waals surface area contributed by atoms with Crippen molar-refractivity contribution in [1.82, 2.24) is 9.97 Å². The third-order valence-electron chi connectivity index (χ3n) is 3.00. The molecule has 2 aromatic rings. The summed E-state index contributed by atoms with van der Waals surface area (Å²) in [6, 6.07) is 4.36. The van der Waals surface area contributed by atoms with Gasteiger partial charge in [0, 0.05) is 11.3 Å². The standard InChI is InChI=1S/C13H17N3/c1-7-5-9(3)11(6-8(7)2)12-10(4)15-13(14)16-12/h5-6H,1-4H3,(H3,14,15,16). The first-order valence-corrected chi connectivity index (χ1v) is 5.39. The normalized spacial score (nSPS) is 10.8. The molecule has 1 aromatic heterocycles. The molecular formula is C13H17N3. The van der Waals surface area contributed by atoms with E-state index in [0.717, 1.165) is 17.0 Å². The van der Waals surface area contributed by atoms with Gasteiger partial charge in [-0.25, -0.2) is 4.98 Å². The van der Waals surface area contributed by atoms with Crippen LogP contribution >= 0.6 is 0 Å². The van der Waals surface area contributed by atoms with Gasteiger partial charge in [0.25, 0.3) is 0 Å². The van der Waals surface area contributed by atoms with Crippen LogP contribution < -0.4 is 5.73 Å². The summed E-state index contributed by atoms with van der Waals surface area (Å²) in [7, 11) is 0. The fourth-order valence-corrected chi connectivity index (χ4v) is 1.96. The number of aryl methyl sites for hydroxylation is 4. The number of hydrogen-bond donors (Lipinski definition) is 2. The zero-order valence-corrected chi connectivity index (χ0v) is 10.2. The minimum Gasteiger partial charge on any atom is -0.369 e. The van der Waals surface area contributed by atoms with Gasteiger partial charge in [-0.15, -0.1) is 0 Å². The number of anilines is 1. The molecule has 0 unspecified atom stereocenters. The molecule has 0 fully saturated rings. The SMILES string of the molecule is Cc1cc(C)c(-c2nc(N)[nH]c2C)cc1C. The van der Waals surface area contributed by atoms with Crippen LogP contribution in [0.25, 0.3) is 11.3 Å². The predicted molar refractivity (Wildman–Crippen MR) is 67.4 cm³/mol. The Morgan fingerprint density at radius 1 is 1.00 bits per heavy atom. The van der Waals surface area contributed by atoms with E-state index in [4.69, 9.17) is 5.73 Å². The first kappa shape index (κ1) is 10.7. The lowest BCUT2D eigenvalue weighted by Crippen LogP contribution is -1.91. The number of rotatable bonds is 1. The molecule has 0 saturated heterocycles. The van der Waals surface area contributed by atoms with Gasteiger partial charge in [0.15, 0.2) is 5.95 Å². The first-order valence-electron chi connectivity index (χ1n) is 5.39. The van der Waals surface area contributed by atoms with Gasteiger partial charge in [-0.2, -0.15) is 0 Å². The Bertz CT molecular complexity index is 538. The molecule has 16 heavy (non-hydrogen) atoms. The van der Waals surface area contributed by atoms with Gasteiger partial charge in [-0.1, -0.05) is 6.07 Å². The summed E-state index contributed by atoms with van der Waals surface area (Å²) in [6.45, 7) is 8.33. The van der Waals surface area contributed by atoms with Gasteiger partial charge in [0.1, 0.15) is 0 Å². The van der Waals surface area contributed by atoms with Crippen LogP contribution in [-0.4, -0.2) is 9.97 Å². The van der Waals surface area contributed by atoms with Crippen LogP contribution in [0.2, 0.25) is 0 Å². The van der Waals surface area contributed by atoms with Gasteiger partial charge >= 0.3 is 0 Å². The van der Waals surface area contributed by atoms with Crippen LogP contribution in [-0.2, 0) is 0 Å². The molecule has 0 radical (unpaired) electrons. The molecule has 1 heterocycles. The van der Waals surface area contributed by atoms with E-state index in [1.807, 2.05) is 6.92 Å². The second-order valence-electron chi connectivity index (χ2n) is 4.35. The minimum absolute atomic E-state index is 0.477. The highest BCUT2D eigenvalue weighted by Gasteiger charge is 2.10. The van der Waals surface area contributed by atoms with Crippen molar-refractivity contribution in [1.29, 1.82) is 0 Å². The Hall–Kier alpha value is -1.77. The summed E-state index contributed by atoms with van der Waals surface area (Å²) < 4.78 is 0. The molecule has 0 saturated carbocycles. The van der Waals surface area contributed by atoms with Crippen molar-refractivity contribution in [3.05, 3.63) is 34.5 Å². The monoisotopic (exact) mass is 215 g/mol. The van der Waals surface area contributed by atoms with Crippen LogP contribution in [0.15, 0.2) is 12.1 Å². The van der Waals surface area contributed by atoms with Crippen molar-refractivity contribution in [2.75, 3.05) is 5.73 Å². The number of nitrogens with two attached hydrogens (primary N) is 1. The summed E-state index contributed by atoms with van der Waals surface area (Å²) in [6.07, 6.45) is 0. The van der Waals surface area contributed by atoms with Crippen molar-refractivity contribution in [2.24, 2.45) is 0 Å². The Morgan fingerprint density at radius 2 is 1.62 bits per heavy atom. The van der Waals surface area contributed by atoms with E-state index < -0.39 is 0 Å². The smallest absolute Gasteiger partial charge is 0.198 e. The number of nitrogen functional groups attached to an aromatic ring is 1. The molecule has 84 valence electrons. The van der Waals surface area contributed by atoms with Gasteiger partial charge in [0.05, 0.1) is 5.69 Å². The third kappa shape index (κ3) is 1.69. The number of nitrogens with zero attached hydrogens (tertiary/aromatic N) is 1. The second kappa shape index (κ2) is 3.67. The summed E-state index contributed by atoms with van der Waals surface area (Å²) >= 11 is 0. The van der Waals surface area contributed by atoms with E-state index in [1.54, 1.807) is 0 Å². The molecule has 2 rings (SSSR count). The Kier molecular flexibility index (Phi) is 2.46. The highest BCUT2D eigenvalue weighted by atomic mass is 15.0. The average molecular weight is 215 g/mol. The maximum absolute atomic E-state index is 5.67. The molecule has 0 amide bonds. The molecule has 3 nitrogen and oxygen atoms in total. The fraction of sp³-hybridized carbons (Fsp3) is 0.308. The number of imidazole rings is 1. The van der Waals surface area contributed by atoms with Crippen molar-refractivity contribution >= 4 is 5.95 Å². The van der Waals surface area contributed by atoms with Gasteiger partial charge in [-0.3, -0.25) is 0 Å². The molecule has 0 aliphatic carbocycles. The third-order valence-corrected chi connectivity index (χ3v) is 3.00. The van der Waals surface area contributed by atoms with Crippen LogP contribution in [0.4, 0.5) is 5.95 Å². The van der Waals surface area contributed by atoms with E-state index in [0.29, 0.717) is 5.95 Å². The highest BCUT2D eigenvalue weighted by Crippen LogP contribution is 2.27. The minimum atomic E-state index is 0.477. The molecule has 0 aliphatic rings. The number of benzene rings is 1. The van der Waals surface area contributed by atoms with Gasteiger partial charge < -0.3 is 10.7 Å². The van der Waals surface area contributed by atoms with Crippen LogP contribution in [0.5, 0.6) is 0 Å². The number of aromatic amines is 1. The Balaban J connectivity index is 2.64. The van der Waals surface area contributed by atoms with E-state index in [2.05, 4.69) is 42.9 Å². The van der Waals surface area contributed by atoms with E-state index in [1.165, 1.54) is 16.7 Å². The molecule has 3 heteroatoms. The van der Waals surface area contributed by atoms with E-state index in [9.17, 15) is 0 Å². The maximum Gasteiger partial charge on any atom is 0.198 e. The van der Waals surface area contributed by atoms with Crippen LogP contribution in [0.3, 0.4) is 0 Å². The average Bonchev–Trinajstić information content (AvgIpc) is 2.51.